The molecule has 1 aliphatic heterocycles. The minimum atomic E-state index is -3.82. The number of anilines is 1. The minimum absolute atomic E-state index is 0.161. The number of urea groups is 1. The van der Waals surface area contributed by atoms with Crippen LogP contribution < -0.4 is 14.8 Å². The van der Waals surface area contributed by atoms with E-state index in [1.54, 1.807) is 11.8 Å². The molecule has 3 atom stereocenters. The van der Waals surface area contributed by atoms with Gasteiger partial charge in [-0.15, -0.1) is 4.36 Å². The number of fused-ring (bicyclic) bond motifs is 3. The first-order valence-corrected chi connectivity index (χ1v) is 18.8. The van der Waals surface area contributed by atoms with Crippen LogP contribution in [0.4, 0.5) is 10.5 Å². The Morgan fingerprint density at radius 2 is 1.60 bits per heavy atom. The molecule has 0 saturated carbocycles. The third-order valence-electron chi connectivity index (χ3n) is 10.2. The SMILES string of the molecule is COC[C@H]1CCc2cc3c(c(NC(=O)N=[S@@](=O)(NC(c4ccccc4)(c4ccccc4)c4ccccc4)c4cnn5c4O[C@@H](C)C5)c21)CCC3. The van der Waals surface area contributed by atoms with Crippen LogP contribution >= 0.6 is 0 Å². The highest BCUT2D eigenvalue weighted by atomic mass is 32.2. The molecule has 10 heteroatoms. The zero-order valence-electron chi connectivity index (χ0n) is 28.3. The fraction of sp³-hybridized carbons (Fsp3) is 0.300. The van der Waals surface area contributed by atoms with Crippen molar-refractivity contribution in [1.82, 2.24) is 14.5 Å². The van der Waals surface area contributed by atoms with E-state index in [2.05, 4.69) is 25.6 Å². The van der Waals surface area contributed by atoms with Crippen LogP contribution in [0.5, 0.6) is 5.88 Å². The van der Waals surface area contributed by atoms with Gasteiger partial charge in [0.15, 0.2) is 9.92 Å². The molecule has 4 aromatic carbocycles. The van der Waals surface area contributed by atoms with E-state index < -0.39 is 21.5 Å². The number of hydrogen-bond donors (Lipinski definition) is 2. The summed E-state index contributed by atoms with van der Waals surface area (Å²) in [6, 6.07) is 31.2. The Labute approximate surface area is 293 Å². The van der Waals surface area contributed by atoms with E-state index in [4.69, 9.17) is 9.47 Å². The molecule has 3 aliphatic rings. The van der Waals surface area contributed by atoms with Crippen LogP contribution in [0.1, 0.15) is 64.6 Å². The van der Waals surface area contributed by atoms with E-state index in [9.17, 15) is 4.79 Å². The van der Waals surface area contributed by atoms with Gasteiger partial charge in [-0.05, 0) is 78.0 Å². The Morgan fingerprint density at radius 1 is 0.960 bits per heavy atom. The second-order valence-electron chi connectivity index (χ2n) is 13.4. The molecular weight excluding hydrogens is 647 g/mol. The fourth-order valence-corrected chi connectivity index (χ4v) is 9.95. The summed E-state index contributed by atoms with van der Waals surface area (Å²) in [5.74, 6) is 0.505. The van der Waals surface area contributed by atoms with E-state index >= 15 is 4.21 Å². The van der Waals surface area contributed by atoms with Gasteiger partial charge in [-0.25, -0.2) is 18.4 Å². The first-order valence-electron chi connectivity index (χ1n) is 17.3. The fourth-order valence-electron chi connectivity index (χ4n) is 8.07. The monoisotopic (exact) mass is 687 g/mol. The maximum Gasteiger partial charge on any atom is 0.354 e. The number of amides is 2. The number of rotatable bonds is 9. The molecule has 2 amide bonds. The summed E-state index contributed by atoms with van der Waals surface area (Å²) in [5, 5.41) is 7.73. The van der Waals surface area contributed by atoms with Gasteiger partial charge in [-0.1, -0.05) is 97.1 Å². The topological polar surface area (TPSA) is 107 Å². The Morgan fingerprint density at radius 3 is 2.22 bits per heavy atom. The average Bonchev–Trinajstić information content (AvgIpc) is 3.93. The molecule has 0 fully saturated rings. The number of hydrogen-bond acceptors (Lipinski definition) is 5. The van der Waals surface area contributed by atoms with Crippen LogP contribution in [-0.4, -0.2) is 39.8 Å². The van der Waals surface area contributed by atoms with Crippen molar-refractivity contribution in [3.63, 3.8) is 0 Å². The maximum absolute atomic E-state index is 16.0. The van der Waals surface area contributed by atoms with E-state index in [1.165, 1.54) is 17.3 Å². The normalized spacial score (nSPS) is 18.8. The number of carbonyl (C=O) groups is 1. The predicted molar refractivity (Wildman–Crippen MR) is 194 cm³/mol. The highest BCUT2D eigenvalue weighted by Gasteiger charge is 2.42. The van der Waals surface area contributed by atoms with Crippen molar-refractivity contribution in [2.75, 3.05) is 19.0 Å². The summed E-state index contributed by atoms with van der Waals surface area (Å²) in [4.78, 5) is 14.7. The molecule has 8 rings (SSSR count). The van der Waals surface area contributed by atoms with E-state index in [-0.39, 0.29) is 16.9 Å². The zero-order valence-corrected chi connectivity index (χ0v) is 29.1. The third-order valence-corrected chi connectivity index (χ3v) is 12.1. The molecule has 2 N–H and O–H groups in total. The second-order valence-corrected chi connectivity index (χ2v) is 15.3. The number of ether oxygens (including phenoxy) is 2. The molecule has 0 saturated heterocycles. The van der Waals surface area contributed by atoms with Crippen molar-refractivity contribution in [2.24, 2.45) is 4.36 Å². The average molecular weight is 688 g/mol. The summed E-state index contributed by atoms with van der Waals surface area (Å²) < 4.78 is 37.7. The highest BCUT2D eigenvalue weighted by Crippen LogP contribution is 2.45. The van der Waals surface area contributed by atoms with Gasteiger partial charge >= 0.3 is 6.03 Å². The number of carbonyl (C=O) groups excluding carboxylic acids is 1. The van der Waals surface area contributed by atoms with E-state index in [0.29, 0.717) is 19.0 Å². The minimum Gasteiger partial charge on any atom is -0.472 e. The zero-order chi connectivity index (χ0) is 34.3. The smallest absolute Gasteiger partial charge is 0.354 e. The molecule has 256 valence electrons. The lowest BCUT2D eigenvalue weighted by Crippen LogP contribution is -2.48. The standard InChI is InChI=1S/C40H41N5O4S/c1-27-25-45-38(49-27)35(24-41-45)50(47,43-39(46)42-37-34-20-12-13-28(34)23-29-21-22-30(26-48-2)36(29)37)44-40(31-14-6-3-7-15-31,32-16-8-4-9-17-32)33-18-10-5-11-19-33/h3-11,14-19,23-24,27,30H,12-13,20-22,25-26H2,1-2H3,(H2,42,43,44,46,47)/t27-,30+,50+/m0/s1. The molecule has 5 aromatic rings. The summed E-state index contributed by atoms with van der Waals surface area (Å²) >= 11 is 0. The van der Waals surface area contributed by atoms with Crippen LogP contribution in [0, 0.1) is 0 Å². The van der Waals surface area contributed by atoms with Gasteiger partial charge < -0.3 is 14.8 Å². The second kappa shape index (κ2) is 13.2. The number of nitrogens with one attached hydrogen (secondary N) is 2. The Hall–Kier alpha value is -4.77. The van der Waals surface area contributed by atoms with Crippen molar-refractivity contribution < 1.29 is 18.5 Å². The molecule has 50 heavy (non-hydrogen) atoms. The van der Waals surface area contributed by atoms with Crippen molar-refractivity contribution in [3.05, 3.63) is 142 Å². The van der Waals surface area contributed by atoms with Crippen LogP contribution in [0.2, 0.25) is 0 Å². The van der Waals surface area contributed by atoms with Crippen LogP contribution in [0.15, 0.2) is 113 Å². The van der Waals surface area contributed by atoms with Crippen molar-refractivity contribution >= 4 is 21.6 Å². The lowest BCUT2D eigenvalue weighted by Gasteiger charge is -2.37. The molecule has 1 aromatic heterocycles. The van der Waals surface area contributed by atoms with Gasteiger partial charge in [0, 0.05) is 18.7 Å². The van der Waals surface area contributed by atoms with Crippen molar-refractivity contribution in [1.29, 1.82) is 0 Å². The van der Waals surface area contributed by atoms with Crippen molar-refractivity contribution in [2.45, 2.75) is 68.0 Å². The Balaban J connectivity index is 1.33. The summed E-state index contributed by atoms with van der Waals surface area (Å²) in [6.07, 6.45) is 6.10. The van der Waals surface area contributed by atoms with Gasteiger partial charge in [-0.2, -0.15) is 5.10 Å². The molecule has 9 nitrogen and oxygen atoms in total. The van der Waals surface area contributed by atoms with Crippen LogP contribution in [-0.2, 0) is 46.0 Å². The quantitative estimate of drug-likeness (QED) is 0.157. The molecule has 0 radical (unpaired) electrons. The highest BCUT2D eigenvalue weighted by molar-refractivity contribution is 7.92. The van der Waals surface area contributed by atoms with Gasteiger partial charge in [0.1, 0.15) is 16.5 Å². The molecule has 0 unspecified atom stereocenters. The molecule has 0 bridgehead atoms. The number of aryl methyl sites for hydroxylation is 2. The third kappa shape index (κ3) is 5.61. The molecular formula is C40H41N5O4S. The maximum atomic E-state index is 16.0. The van der Waals surface area contributed by atoms with Gasteiger partial charge in [-0.3, -0.25) is 0 Å². The first kappa shape index (κ1) is 32.4. The van der Waals surface area contributed by atoms with E-state index in [1.807, 2.05) is 97.9 Å². The van der Waals surface area contributed by atoms with Gasteiger partial charge in [0.05, 0.1) is 19.3 Å². The molecule has 0 spiro atoms. The number of methoxy groups -OCH3 is 1. The summed E-state index contributed by atoms with van der Waals surface area (Å²) in [6.45, 7) is 3.00. The van der Waals surface area contributed by atoms with Gasteiger partial charge in [0.25, 0.3) is 0 Å². The number of nitrogens with zero attached hydrogens (tertiary/aromatic N) is 3. The molecule has 2 heterocycles. The largest absolute Gasteiger partial charge is 0.472 e. The lowest BCUT2D eigenvalue weighted by atomic mass is 9.78. The Bertz CT molecular complexity index is 2060. The van der Waals surface area contributed by atoms with Crippen molar-refractivity contribution in [3.8, 4) is 5.88 Å². The Kier molecular flexibility index (Phi) is 8.54. The number of aromatic nitrogens is 2. The van der Waals surface area contributed by atoms with Crippen LogP contribution in [0.3, 0.4) is 0 Å². The number of benzene rings is 4. The lowest BCUT2D eigenvalue weighted by molar-refractivity contribution is 0.179. The van der Waals surface area contributed by atoms with Gasteiger partial charge in [0.2, 0.25) is 5.88 Å². The molecule has 2 aliphatic carbocycles. The van der Waals surface area contributed by atoms with E-state index in [0.717, 1.165) is 65.6 Å². The summed E-state index contributed by atoms with van der Waals surface area (Å²) in [5.41, 5.74) is 6.88. The first-order chi connectivity index (χ1) is 24.4. The predicted octanol–water partition coefficient (Wildman–Crippen LogP) is 7.38. The summed E-state index contributed by atoms with van der Waals surface area (Å²) in [7, 11) is -2.10. The van der Waals surface area contributed by atoms with Crippen LogP contribution in [0.25, 0.3) is 0 Å².